The molecule has 0 spiro atoms. The van der Waals surface area contributed by atoms with Crippen LogP contribution >= 0.6 is 0 Å². The Bertz CT molecular complexity index is 1060. The Kier molecular flexibility index (Phi) is 4.78. The quantitative estimate of drug-likeness (QED) is 0.631. The normalized spacial score (nSPS) is 15.8. The first-order valence-corrected chi connectivity index (χ1v) is 9.68. The summed E-state index contributed by atoms with van der Waals surface area (Å²) in [5.74, 6) is 0.929. The number of hydrogen-bond donors (Lipinski definition) is 0. The van der Waals surface area contributed by atoms with Gasteiger partial charge in [0.2, 0.25) is 0 Å². The van der Waals surface area contributed by atoms with Crippen molar-refractivity contribution in [1.29, 1.82) is 0 Å². The number of halogens is 3. The zero-order chi connectivity index (χ0) is 21.7. The van der Waals surface area contributed by atoms with Crippen molar-refractivity contribution in [2.24, 2.45) is 0 Å². The number of piperazine rings is 1. The van der Waals surface area contributed by atoms with Crippen LogP contribution in [0.2, 0.25) is 0 Å². The minimum Gasteiger partial charge on any atom is -0.353 e. The average Bonchev–Trinajstić information content (AvgIpc) is 3.10. The fourth-order valence-corrected chi connectivity index (χ4v) is 3.39. The van der Waals surface area contributed by atoms with Gasteiger partial charge in [-0.05, 0) is 19.1 Å². The number of anilines is 2. The molecule has 0 radical (unpaired) electrons. The molecule has 0 N–H and O–H groups in total. The summed E-state index contributed by atoms with van der Waals surface area (Å²) < 4.78 is 40.1. The van der Waals surface area contributed by atoms with Crippen molar-refractivity contribution in [3.05, 3.63) is 35.5 Å². The lowest BCUT2D eigenvalue weighted by Gasteiger charge is -2.36. The molecule has 3 aromatic rings. The third-order valence-electron chi connectivity index (χ3n) is 5.02. The Balaban J connectivity index is 1.53. The monoisotopic (exact) mass is 420 g/mol. The fraction of sp³-hybridized carbons (Fsp3) is 0.526. The van der Waals surface area contributed by atoms with Crippen LogP contribution in [0, 0.1) is 6.92 Å². The number of fused-ring (bicyclic) bond motifs is 1. The lowest BCUT2D eigenvalue weighted by molar-refractivity contribution is -0.146. The molecule has 11 heteroatoms. The molecule has 0 unspecified atom stereocenters. The van der Waals surface area contributed by atoms with Crippen LogP contribution in [-0.4, -0.2) is 56.0 Å². The molecule has 30 heavy (non-hydrogen) atoms. The highest BCUT2D eigenvalue weighted by Crippen LogP contribution is 2.28. The molecule has 0 amide bonds. The maximum absolute atomic E-state index is 13.1. The molecule has 0 aliphatic carbocycles. The Hall–Kier alpha value is -2.98. The molecule has 0 atom stereocenters. The molecule has 8 nitrogen and oxygen atoms in total. The van der Waals surface area contributed by atoms with Gasteiger partial charge in [-0.25, -0.2) is 9.97 Å². The van der Waals surface area contributed by atoms with E-state index in [1.165, 1.54) is 6.07 Å². The van der Waals surface area contributed by atoms with E-state index >= 15 is 0 Å². The first-order valence-electron chi connectivity index (χ1n) is 9.68. The van der Waals surface area contributed by atoms with Crippen LogP contribution < -0.4 is 9.80 Å². The number of hydrogen-bond acceptors (Lipinski definition) is 7. The van der Waals surface area contributed by atoms with E-state index < -0.39 is 12.0 Å². The lowest BCUT2D eigenvalue weighted by Crippen LogP contribution is -2.47. The largest absolute Gasteiger partial charge is 0.453 e. The molecule has 4 heterocycles. The molecule has 160 valence electrons. The molecular formula is C19H23F3N8. The van der Waals surface area contributed by atoms with E-state index in [0.717, 1.165) is 21.9 Å². The highest BCUT2D eigenvalue weighted by atomic mass is 19.4. The predicted molar refractivity (Wildman–Crippen MR) is 106 cm³/mol. The molecule has 0 saturated carbocycles. The van der Waals surface area contributed by atoms with Crippen molar-refractivity contribution in [2.75, 3.05) is 36.0 Å². The molecule has 1 fully saturated rings. The van der Waals surface area contributed by atoms with E-state index in [-0.39, 0.29) is 11.1 Å². The number of aryl methyl sites for hydroxylation is 1. The Labute approximate surface area is 171 Å². The van der Waals surface area contributed by atoms with Crippen LogP contribution in [0.5, 0.6) is 0 Å². The number of alkyl halides is 3. The van der Waals surface area contributed by atoms with E-state index in [9.17, 15) is 13.2 Å². The van der Waals surface area contributed by atoms with Crippen LogP contribution in [0.3, 0.4) is 0 Å². The summed E-state index contributed by atoms with van der Waals surface area (Å²) >= 11 is 0. The maximum atomic E-state index is 13.1. The summed E-state index contributed by atoms with van der Waals surface area (Å²) in [5, 5.41) is 10.9. The van der Waals surface area contributed by atoms with Gasteiger partial charge in [-0.3, -0.25) is 0 Å². The van der Waals surface area contributed by atoms with Gasteiger partial charge in [0.05, 0.1) is 5.69 Å². The second kappa shape index (κ2) is 7.06. The van der Waals surface area contributed by atoms with Crippen LogP contribution in [0.25, 0.3) is 5.65 Å². The Morgan fingerprint density at radius 3 is 2.10 bits per heavy atom. The van der Waals surface area contributed by atoms with Gasteiger partial charge >= 0.3 is 6.18 Å². The number of rotatable bonds is 2. The molecule has 1 saturated heterocycles. The topological polar surface area (TPSA) is 75.3 Å². The van der Waals surface area contributed by atoms with E-state index in [0.29, 0.717) is 32.0 Å². The number of aromatic nitrogens is 6. The van der Waals surface area contributed by atoms with Gasteiger partial charge in [0.1, 0.15) is 17.5 Å². The standard InChI is InChI=1S/C19H23F3N8/c1-12-23-13(18(2,3)4)11-16(24-12)29-9-7-28(8-10-29)15-6-5-14-25-26-17(19(20,21)22)30(14)27-15/h5-6,11H,7-10H2,1-4H3. The summed E-state index contributed by atoms with van der Waals surface area (Å²) in [6, 6.07) is 5.19. The molecule has 3 aromatic heterocycles. The molecule has 0 aromatic carbocycles. The summed E-state index contributed by atoms with van der Waals surface area (Å²) in [5.41, 5.74) is 0.959. The maximum Gasteiger partial charge on any atom is 0.453 e. The van der Waals surface area contributed by atoms with E-state index in [1.54, 1.807) is 6.07 Å². The van der Waals surface area contributed by atoms with Crippen molar-refractivity contribution in [2.45, 2.75) is 39.3 Å². The van der Waals surface area contributed by atoms with Gasteiger partial charge in [0, 0.05) is 37.7 Å². The predicted octanol–water partition coefficient (Wildman–Crippen LogP) is 2.87. The lowest BCUT2D eigenvalue weighted by atomic mass is 9.92. The van der Waals surface area contributed by atoms with Crippen LogP contribution in [-0.2, 0) is 11.6 Å². The molecule has 1 aliphatic heterocycles. The number of nitrogens with zero attached hydrogens (tertiary/aromatic N) is 8. The van der Waals surface area contributed by atoms with Crippen LogP contribution in [0.4, 0.5) is 24.8 Å². The van der Waals surface area contributed by atoms with Gasteiger partial charge in [-0.15, -0.1) is 15.3 Å². The smallest absolute Gasteiger partial charge is 0.353 e. The summed E-state index contributed by atoms with van der Waals surface area (Å²) in [6.45, 7) is 10.8. The average molecular weight is 420 g/mol. The zero-order valence-electron chi connectivity index (χ0n) is 17.3. The third-order valence-corrected chi connectivity index (χ3v) is 5.02. The molecule has 0 bridgehead atoms. The first kappa shape index (κ1) is 20.3. The molecular weight excluding hydrogens is 397 g/mol. The van der Waals surface area contributed by atoms with E-state index in [1.807, 2.05) is 17.9 Å². The van der Waals surface area contributed by atoms with Crippen molar-refractivity contribution in [3.8, 4) is 0 Å². The van der Waals surface area contributed by atoms with E-state index in [2.05, 4.69) is 50.9 Å². The summed E-state index contributed by atoms with van der Waals surface area (Å²) in [6.07, 6.45) is -4.61. The van der Waals surface area contributed by atoms with Gasteiger partial charge in [0.15, 0.2) is 5.65 Å². The van der Waals surface area contributed by atoms with Gasteiger partial charge < -0.3 is 9.80 Å². The highest BCUT2D eigenvalue weighted by molar-refractivity contribution is 5.49. The minimum atomic E-state index is -4.61. The Morgan fingerprint density at radius 1 is 0.867 bits per heavy atom. The SMILES string of the molecule is Cc1nc(N2CCN(c3ccc4nnc(C(F)(F)F)n4n3)CC2)cc(C(C)(C)C)n1. The van der Waals surface area contributed by atoms with Gasteiger partial charge in [-0.1, -0.05) is 20.8 Å². The van der Waals surface area contributed by atoms with E-state index in [4.69, 9.17) is 0 Å². The summed E-state index contributed by atoms with van der Waals surface area (Å²) in [4.78, 5) is 13.2. The second-order valence-corrected chi connectivity index (χ2v) is 8.37. The van der Waals surface area contributed by atoms with Crippen molar-refractivity contribution >= 4 is 17.3 Å². The second-order valence-electron chi connectivity index (χ2n) is 8.37. The van der Waals surface area contributed by atoms with Crippen molar-refractivity contribution in [1.82, 2.24) is 29.8 Å². The van der Waals surface area contributed by atoms with Gasteiger partial charge in [-0.2, -0.15) is 17.7 Å². The summed E-state index contributed by atoms with van der Waals surface area (Å²) in [7, 11) is 0. The fourth-order valence-electron chi connectivity index (χ4n) is 3.39. The minimum absolute atomic E-state index is 0.0656. The highest BCUT2D eigenvalue weighted by Gasteiger charge is 2.38. The first-order chi connectivity index (χ1) is 14.0. The third kappa shape index (κ3) is 3.88. The zero-order valence-corrected chi connectivity index (χ0v) is 17.3. The van der Waals surface area contributed by atoms with Crippen LogP contribution in [0.1, 0.15) is 38.1 Å². The van der Waals surface area contributed by atoms with Gasteiger partial charge in [0.25, 0.3) is 5.82 Å². The van der Waals surface area contributed by atoms with Crippen molar-refractivity contribution < 1.29 is 13.2 Å². The molecule has 1 aliphatic rings. The Morgan fingerprint density at radius 2 is 1.50 bits per heavy atom. The molecule has 4 rings (SSSR count). The van der Waals surface area contributed by atoms with Crippen LogP contribution in [0.15, 0.2) is 18.2 Å². The van der Waals surface area contributed by atoms with Crippen molar-refractivity contribution in [3.63, 3.8) is 0 Å².